The standard InChI is InChI=1S/C20H24N8O4S2/c1-19(2,14-21)25-26-20(3,15-22)18(23-27-33(29,30)16-10-6-4-7-11-16)24-28-34(31,32)17-12-8-5-9-13-17/h4-13,18,23-24,27-28H,1-3H3. The van der Waals surface area contributed by atoms with Gasteiger partial charge in [0, 0.05) is 0 Å². The van der Waals surface area contributed by atoms with Gasteiger partial charge in [-0.2, -0.15) is 20.8 Å². The summed E-state index contributed by atoms with van der Waals surface area (Å²) in [7, 11) is -8.18. The van der Waals surface area contributed by atoms with Crippen molar-refractivity contribution >= 4 is 20.0 Å². The Balaban J connectivity index is 2.35. The van der Waals surface area contributed by atoms with Crippen molar-refractivity contribution in [3.63, 3.8) is 0 Å². The highest BCUT2D eigenvalue weighted by molar-refractivity contribution is 7.89. The van der Waals surface area contributed by atoms with Gasteiger partial charge in [0.1, 0.15) is 6.17 Å². The van der Waals surface area contributed by atoms with Gasteiger partial charge in [-0.05, 0) is 45.0 Å². The molecule has 12 nitrogen and oxygen atoms in total. The normalized spacial score (nSPS) is 14.4. The molecule has 0 fully saturated rings. The number of sulfonamides is 2. The monoisotopic (exact) mass is 504 g/mol. The highest BCUT2D eigenvalue weighted by Crippen LogP contribution is 2.18. The lowest BCUT2D eigenvalue weighted by molar-refractivity contribution is 0.289. The molecule has 0 amide bonds. The Hall–Kier alpha value is -3.24. The lowest BCUT2D eigenvalue weighted by atomic mass is 10.0. The number of hydrazine groups is 2. The number of nitriles is 2. The predicted molar refractivity (Wildman–Crippen MR) is 122 cm³/mol. The fourth-order valence-corrected chi connectivity index (χ4v) is 4.12. The third-order valence-corrected chi connectivity index (χ3v) is 6.91. The summed E-state index contributed by atoms with van der Waals surface area (Å²) in [6.07, 6.45) is -1.47. The molecule has 0 aliphatic carbocycles. The van der Waals surface area contributed by atoms with Gasteiger partial charge in [0.2, 0.25) is 0 Å². The van der Waals surface area contributed by atoms with Crippen LogP contribution in [0, 0.1) is 22.7 Å². The summed E-state index contributed by atoms with van der Waals surface area (Å²) in [6, 6.07) is 18.5. The van der Waals surface area contributed by atoms with Gasteiger partial charge in [0.05, 0.1) is 21.9 Å². The van der Waals surface area contributed by atoms with Crippen LogP contribution < -0.4 is 20.5 Å². The molecule has 1 atom stereocenters. The topological polar surface area (TPSA) is 189 Å². The van der Waals surface area contributed by atoms with E-state index in [9.17, 15) is 27.4 Å². The van der Waals surface area contributed by atoms with Gasteiger partial charge in [-0.25, -0.2) is 27.7 Å². The van der Waals surface area contributed by atoms with Gasteiger partial charge in [-0.15, -0.1) is 9.66 Å². The minimum atomic E-state index is -4.09. The van der Waals surface area contributed by atoms with E-state index in [1.165, 1.54) is 69.3 Å². The summed E-state index contributed by atoms with van der Waals surface area (Å²) in [4.78, 5) is 4.07. The maximum Gasteiger partial charge on any atom is 0.253 e. The van der Waals surface area contributed by atoms with E-state index in [0.717, 1.165) is 0 Å². The summed E-state index contributed by atoms with van der Waals surface area (Å²) >= 11 is 0. The van der Waals surface area contributed by atoms with Crippen molar-refractivity contribution in [1.82, 2.24) is 20.5 Å². The average Bonchev–Trinajstić information content (AvgIpc) is 2.83. The van der Waals surface area contributed by atoms with Gasteiger partial charge >= 0.3 is 0 Å². The number of azo groups is 1. The third-order valence-electron chi connectivity index (χ3n) is 4.35. The number of nitrogens with one attached hydrogen (secondary N) is 4. The second kappa shape index (κ2) is 10.8. The van der Waals surface area contributed by atoms with E-state index in [1.807, 2.05) is 12.1 Å². The van der Waals surface area contributed by atoms with Gasteiger partial charge in [-0.1, -0.05) is 36.4 Å². The first-order valence-corrected chi connectivity index (χ1v) is 12.7. The fourth-order valence-electron chi connectivity index (χ4n) is 2.30. The van der Waals surface area contributed by atoms with Gasteiger partial charge in [0.15, 0.2) is 11.1 Å². The van der Waals surface area contributed by atoms with E-state index in [0.29, 0.717) is 0 Å². The van der Waals surface area contributed by atoms with Crippen LogP contribution in [0.1, 0.15) is 20.8 Å². The lowest BCUT2D eigenvalue weighted by Crippen LogP contribution is -2.64. The number of benzene rings is 2. The van der Waals surface area contributed by atoms with Crippen molar-refractivity contribution in [2.45, 2.75) is 47.8 Å². The summed E-state index contributed by atoms with van der Waals surface area (Å²) in [6.45, 7) is 4.20. The molecular weight excluding hydrogens is 480 g/mol. The van der Waals surface area contributed by atoms with Gasteiger partial charge in [0.25, 0.3) is 20.0 Å². The van der Waals surface area contributed by atoms with Crippen LogP contribution in [0.4, 0.5) is 0 Å². The van der Waals surface area contributed by atoms with Crippen molar-refractivity contribution in [3.05, 3.63) is 60.7 Å². The Morgan fingerprint density at radius 2 is 1.15 bits per heavy atom. The molecule has 2 rings (SSSR count). The van der Waals surface area contributed by atoms with E-state index in [2.05, 4.69) is 30.7 Å². The van der Waals surface area contributed by atoms with Crippen LogP contribution in [-0.4, -0.2) is 34.1 Å². The van der Waals surface area contributed by atoms with Crippen LogP contribution in [0.3, 0.4) is 0 Å². The molecule has 0 bridgehead atoms. The third kappa shape index (κ3) is 7.13. The largest absolute Gasteiger partial charge is 0.253 e. The summed E-state index contributed by atoms with van der Waals surface area (Å²) in [5.41, 5.74) is 1.64. The average molecular weight is 505 g/mol. The molecule has 2 aromatic carbocycles. The van der Waals surface area contributed by atoms with Crippen LogP contribution in [0.15, 0.2) is 80.7 Å². The highest BCUT2D eigenvalue weighted by atomic mass is 32.2. The second-order valence-electron chi connectivity index (χ2n) is 7.69. The maximum atomic E-state index is 12.6. The molecule has 0 heterocycles. The molecule has 0 aromatic heterocycles. The molecule has 0 radical (unpaired) electrons. The minimum absolute atomic E-state index is 0.0722. The Bertz CT molecular complexity index is 1230. The quantitative estimate of drug-likeness (QED) is 0.200. The number of hydrogen-bond donors (Lipinski definition) is 4. The van der Waals surface area contributed by atoms with Crippen LogP contribution in [-0.2, 0) is 20.0 Å². The smallest absolute Gasteiger partial charge is 0.222 e. The zero-order valence-electron chi connectivity index (χ0n) is 18.6. The Morgan fingerprint density at radius 3 is 1.50 bits per heavy atom. The zero-order valence-corrected chi connectivity index (χ0v) is 20.2. The number of nitrogens with zero attached hydrogens (tertiary/aromatic N) is 4. The Morgan fingerprint density at radius 1 is 0.735 bits per heavy atom. The SMILES string of the molecule is CC(C)(C#N)N=NC(C)(C#N)C(NNS(=O)(=O)c1ccccc1)NNS(=O)(=O)c1ccccc1. The molecule has 1 unspecified atom stereocenters. The molecular formula is C20H24N8O4S2. The van der Waals surface area contributed by atoms with Crippen molar-refractivity contribution in [3.8, 4) is 12.1 Å². The van der Waals surface area contributed by atoms with Crippen LogP contribution >= 0.6 is 0 Å². The number of rotatable bonds is 11. The molecule has 0 aliphatic heterocycles. The van der Waals surface area contributed by atoms with E-state index in [4.69, 9.17) is 0 Å². The molecule has 0 saturated carbocycles. The highest BCUT2D eigenvalue weighted by Gasteiger charge is 2.38. The van der Waals surface area contributed by atoms with E-state index in [-0.39, 0.29) is 9.79 Å². The first-order valence-electron chi connectivity index (χ1n) is 9.76. The van der Waals surface area contributed by atoms with Crippen LogP contribution in [0.2, 0.25) is 0 Å². The predicted octanol–water partition coefficient (Wildman–Crippen LogP) is 1.32. The molecule has 4 N–H and O–H groups in total. The van der Waals surface area contributed by atoms with E-state index < -0.39 is 37.3 Å². The summed E-state index contributed by atoms with van der Waals surface area (Å²) in [5, 5.41) is 26.7. The van der Waals surface area contributed by atoms with Crippen molar-refractivity contribution in [1.29, 1.82) is 10.5 Å². The first-order chi connectivity index (χ1) is 15.9. The lowest BCUT2D eigenvalue weighted by Gasteiger charge is -2.29. The van der Waals surface area contributed by atoms with Crippen LogP contribution in [0.25, 0.3) is 0 Å². The maximum absolute atomic E-state index is 12.6. The molecule has 34 heavy (non-hydrogen) atoms. The van der Waals surface area contributed by atoms with Gasteiger partial charge in [-0.3, -0.25) is 0 Å². The van der Waals surface area contributed by atoms with Crippen molar-refractivity contribution in [2.75, 3.05) is 0 Å². The zero-order chi connectivity index (χ0) is 25.5. The van der Waals surface area contributed by atoms with Crippen LogP contribution in [0.5, 0.6) is 0 Å². The van der Waals surface area contributed by atoms with E-state index >= 15 is 0 Å². The van der Waals surface area contributed by atoms with Crippen molar-refractivity contribution < 1.29 is 16.8 Å². The summed E-state index contributed by atoms with van der Waals surface area (Å²) in [5.74, 6) is 0. The molecule has 0 saturated heterocycles. The molecule has 0 aliphatic rings. The second-order valence-corrected chi connectivity index (χ2v) is 11.1. The fraction of sp³-hybridized carbons (Fsp3) is 0.300. The molecule has 14 heteroatoms. The first kappa shape index (κ1) is 27.0. The molecule has 2 aromatic rings. The summed E-state index contributed by atoms with van der Waals surface area (Å²) < 4.78 is 50.5. The minimum Gasteiger partial charge on any atom is -0.222 e. The number of hydrogen-bond acceptors (Lipinski definition) is 10. The molecule has 180 valence electrons. The van der Waals surface area contributed by atoms with E-state index in [1.54, 1.807) is 12.1 Å². The van der Waals surface area contributed by atoms with Crippen molar-refractivity contribution in [2.24, 2.45) is 10.2 Å². The molecule has 0 spiro atoms. The Kier molecular flexibility index (Phi) is 8.57. The Labute approximate surface area is 198 Å². The van der Waals surface area contributed by atoms with Gasteiger partial charge < -0.3 is 0 Å².